The van der Waals surface area contributed by atoms with Gasteiger partial charge in [-0.3, -0.25) is 0 Å². The molecule has 0 bridgehead atoms. The van der Waals surface area contributed by atoms with E-state index >= 15 is 0 Å². The Hall–Kier alpha value is -2.06. The molecule has 5 heteroatoms. The van der Waals surface area contributed by atoms with Crippen LogP contribution in [0.25, 0.3) is 6.08 Å². The third kappa shape index (κ3) is 4.20. The van der Waals surface area contributed by atoms with Gasteiger partial charge in [-0.2, -0.15) is 5.26 Å². The molecule has 0 aliphatic rings. The summed E-state index contributed by atoms with van der Waals surface area (Å²) >= 11 is 0. The second-order valence-corrected chi connectivity index (χ2v) is 5.09. The maximum atomic E-state index is 11.8. The van der Waals surface area contributed by atoms with Crippen molar-refractivity contribution in [2.24, 2.45) is 0 Å². The molecule has 1 aromatic heterocycles. The molecule has 1 heterocycles. The van der Waals surface area contributed by atoms with Crippen molar-refractivity contribution in [3.05, 3.63) is 28.6 Å². The van der Waals surface area contributed by atoms with Gasteiger partial charge in [-0.15, -0.1) is 0 Å². The summed E-state index contributed by atoms with van der Waals surface area (Å²) in [5.74, 6) is -0.621. The van der Waals surface area contributed by atoms with Gasteiger partial charge in [0.05, 0.1) is 6.61 Å². The Morgan fingerprint density at radius 1 is 1.43 bits per heavy atom. The van der Waals surface area contributed by atoms with Crippen LogP contribution in [0.4, 0.5) is 0 Å². The molecule has 1 aromatic rings. The van der Waals surface area contributed by atoms with Crippen molar-refractivity contribution in [2.45, 2.75) is 33.7 Å². The van der Waals surface area contributed by atoms with Gasteiger partial charge in [0, 0.05) is 24.5 Å². The Morgan fingerprint density at radius 2 is 2.10 bits per heavy atom. The van der Waals surface area contributed by atoms with Crippen molar-refractivity contribution in [2.75, 3.05) is 20.3 Å². The third-order valence-electron chi connectivity index (χ3n) is 3.20. The van der Waals surface area contributed by atoms with Crippen molar-refractivity contribution >= 4 is 12.0 Å². The Balaban J connectivity index is 3.02. The lowest BCUT2D eigenvalue weighted by Crippen LogP contribution is -2.11. The van der Waals surface area contributed by atoms with Gasteiger partial charge < -0.3 is 14.0 Å². The van der Waals surface area contributed by atoms with E-state index in [4.69, 9.17) is 14.7 Å². The lowest BCUT2D eigenvalue weighted by atomic mass is 10.1. The fourth-order valence-corrected chi connectivity index (χ4v) is 2.33. The molecule has 0 atom stereocenters. The number of ether oxygens (including phenoxy) is 2. The predicted octanol–water partition coefficient (Wildman–Crippen LogP) is 2.78. The summed E-state index contributed by atoms with van der Waals surface area (Å²) in [5, 5.41) is 9.13. The van der Waals surface area contributed by atoms with Crippen LogP contribution in [0.15, 0.2) is 11.6 Å². The first-order valence-corrected chi connectivity index (χ1v) is 6.88. The van der Waals surface area contributed by atoms with E-state index in [9.17, 15) is 4.79 Å². The Morgan fingerprint density at radius 3 is 2.57 bits per heavy atom. The van der Waals surface area contributed by atoms with E-state index in [-0.39, 0.29) is 12.2 Å². The number of esters is 1. The highest BCUT2D eigenvalue weighted by Gasteiger charge is 2.14. The summed E-state index contributed by atoms with van der Waals surface area (Å²) in [5.41, 5.74) is 2.98. The van der Waals surface area contributed by atoms with Gasteiger partial charge in [0.1, 0.15) is 18.2 Å². The summed E-state index contributed by atoms with van der Waals surface area (Å²) in [7, 11) is 1.52. The van der Waals surface area contributed by atoms with E-state index < -0.39 is 5.97 Å². The highest BCUT2D eigenvalue weighted by molar-refractivity contribution is 5.98. The number of nitrogens with zero attached hydrogens (tertiary/aromatic N) is 2. The molecule has 0 fully saturated rings. The van der Waals surface area contributed by atoms with E-state index in [0.29, 0.717) is 12.6 Å². The molecule has 0 radical (unpaired) electrons. The molecule has 1 rings (SSSR count). The molecule has 0 aliphatic heterocycles. The topological polar surface area (TPSA) is 64.2 Å². The fourth-order valence-electron chi connectivity index (χ4n) is 2.33. The number of nitriles is 1. The Labute approximate surface area is 125 Å². The largest absolute Gasteiger partial charge is 0.459 e. The second kappa shape index (κ2) is 7.65. The number of aryl methyl sites for hydroxylation is 1. The zero-order valence-electron chi connectivity index (χ0n) is 13.3. The number of methoxy groups -OCH3 is 1. The van der Waals surface area contributed by atoms with Crippen LogP contribution < -0.4 is 0 Å². The van der Waals surface area contributed by atoms with Crippen LogP contribution in [-0.2, 0) is 14.3 Å². The lowest BCUT2D eigenvalue weighted by molar-refractivity contribution is -0.139. The zero-order chi connectivity index (χ0) is 16.0. The summed E-state index contributed by atoms with van der Waals surface area (Å²) in [6.45, 7) is 8.62. The molecular weight excluding hydrogens is 268 g/mol. The van der Waals surface area contributed by atoms with Crippen LogP contribution in [0.1, 0.15) is 36.8 Å². The van der Waals surface area contributed by atoms with Crippen molar-refractivity contribution < 1.29 is 14.3 Å². The van der Waals surface area contributed by atoms with Crippen LogP contribution in [0.3, 0.4) is 0 Å². The molecule has 0 saturated carbocycles. The number of rotatable bonds is 6. The Kier molecular flexibility index (Phi) is 6.19. The molecule has 0 saturated heterocycles. The quantitative estimate of drug-likeness (QED) is 0.350. The van der Waals surface area contributed by atoms with Gasteiger partial charge in [-0.1, -0.05) is 0 Å². The van der Waals surface area contributed by atoms with Crippen molar-refractivity contribution in [1.82, 2.24) is 4.57 Å². The van der Waals surface area contributed by atoms with Crippen LogP contribution in [0, 0.1) is 25.2 Å². The van der Waals surface area contributed by atoms with E-state index in [1.807, 2.05) is 26.0 Å². The van der Waals surface area contributed by atoms with Gasteiger partial charge in [0.15, 0.2) is 0 Å². The van der Waals surface area contributed by atoms with Crippen LogP contribution in [0.2, 0.25) is 0 Å². The molecule has 0 amide bonds. The van der Waals surface area contributed by atoms with Gasteiger partial charge in [-0.05, 0) is 45.4 Å². The monoisotopic (exact) mass is 290 g/mol. The average Bonchev–Trinajstić information content (AvgIpc) is 2.70. The van der Waals surface area contributed by atoms with E-state index in [1.165, 1.54) is 7.11 Å². The number of hydrogen-bond acceptors (Lipinski definition) is 4. The van der Waals surface area contributed by atoms with Gasteiger partial charge >= 0.3 is 5.97 Å². The molecule has 21 heavy (non-hydrogen) atoms. The first-order valence-electron chi connectivity index (χ1n) is 6.88. The minimum Gasteiger partial charge on any atom is -0.459 e. The maximum Gasteiger partial charge on any atom is 0.348 e. The van der Waals surface area contributed by atoms with Crippen molar-refractivity contribution in [1.29, 1.82) is 5.26 Å². The SMILES string of the molecule is COCCOC(=O)/C(C#N)=C/c1cc(C)n(C(C)C)c1C. The summed E-state index contributed by atoms with van der Waals surface area (Å²) in [6.07, 6.45) is 1.58. The van der Waals surface area contributed by atoms with Crippen LogP contribution in [0.5, 0.6) is 0 Å². The maximum absolute atomic E-state index is 11.8. The molecule has 0 unspecified atom stereocenters. The standard InChI is InChI=1S/C16H22N2O3/c1-11(2)18-12(3)8-14(13(18)4)9-15(10-17)16(19)21-7-6-20-5/h8-9,11H,6-7H2,1-5H3/b15-9+. The lowest BCUT2D eigenvalue weighted by Gasteiger charge is -2.13. The average molecular weight is 290 g/mol. The number of aromatic nitrogens is 1. The van der Waals surface area contributed by atoms with Crippen molar-refractivity contribution in [3.63, 3.8) is 0 Å². The molecule has 5 nitrogen and oxygen atoms in total. The number of carbonyl (C=O) groups excluding carboxylic acids is 1. The summed E-state index contributed by atoms with van der Waals surface area (Å²) in [4.78, 5) is 11.8. The van der Waals surface area contributed by atoms with Crippen LogP contribution >= 0.6 is 0 Å². The molecular formula is C16H22N2O3. The predicted molar refractivity (Wildman–Crippen MR) is 80.7 cm³/mol. The zero-order valence-corrected chi connectivity index (χ0v) is 13.3. The van der Waals surface area contributed by atoms with Gasteiger partial charge in [-0.25, -0.2) is 4.79 Å². The van der Waals surface area contributed by atoms with Crippen LogP contribution in [-0.4, -0.2) is 30.9 Å². The van der Waals surface area contributed by atoms with E-state index in [0.717, 1.165) is 17.0 Å². The minimum absolute atomic E-state index is 0.00453. The Bertz CT molecular complexity index is 577. The molecule has 0 aliphatic carbocycles. The summed E-state index contributed by atoms with van der Waals surface area (Å²) < 4.78 is 11.9. The minimum atomic E-state index is -0.621. The highest BCUT2D eigenvalue weighted by Crippen LogP contribution is 2.22. The first kappa shape index (κ1) is 17.0. The highest BCUT2D eigenvalue weighted by atomic mass is 16.6. The normalized spacial score (nSPS) is 11.6. The third-order valence-corrected chi connectivity index (χ3v) is 3.20. The number of carbonyl (C=O) groups is 1. The molecule has 114 valence electrons. The van der Waals surface area contributed by atoms with Crippen molar-refractivity contribution in [3.8, 4) is 6.07 Å². The molecule has 0 spiro atoms. The van der Waals surface area contributed by atoms with E-state index in [2.05, 4.69) is 18.4 Å². The van der Waals surface area contributed by atoms with E-state index in [1.54, 1.807) is 6.08 Å². The second-order valence-electron chi connectivity index (χ2n) is 5.09. The molecule has 0 aromatic carbocycles. The van der Waals surface area contributed by atoms with Gasteiger partial charge in [0.25, 0.3) is 0 Å². The van der Waals surface area contributed by atoms with Gasteiger partial charge in [0.2, 0.25) is 0 Å². The molecule has 0 N–H and O–H groups in total. The number of hydrogen-bond donors (Lipinski definition) is 0. The smallest absolute Gasteiger partial charge is 0.348 e. The first-order chi connectivity index (χ1) is 9.92. The fraction of sp³-hybridized carbons (Fsp3) is 0.500. The summed E-state index contributed by atoms with van der Waals surface area (Å²) in [6, 6.07) is 4.19.